The van der Waals surface area contributed by atoms with Crippen molar-refractivity contribution < 1.29 is 0 Å². The summed E-state index contributed by atoms with van der Waals surface area (Å²) in [6.45, 7) is 7.04. The zero-order chi connectivity index (χ0) is 54.6. The van der Waals surface area contributed by atoms with Gasteiger partial charge in [0.05, 0.1) is 22.1 Å². The molecule has 16 aromatic rings. The first-order valence-electron chi connectivity index (χ1n) is 28.7. The first-order valence-corrected chi connectivity index (χ1v) is 28.7. The Labute approximate surface area is 477 Å². The quantitative estimate of drug-likeness (QED) is 0.141. The lowest BCUT2D eigenvalue weighted by Crippen LogP contribution is -2.15. The van der Waals surface area contributed by atoms with E-state index in [-0.39, 0.29) is 5.41 Å². The van der Waals surface area contributed by atoms with Crippen LogP contribution in [-0.2, 0) is 5.41 Å². The van der Waals surface area contributed by atoms with E-state index in [1.807, 2.05) is 0 Å². The van der Waals surface area contributed by atoms with Crippen LogP contribution in [0.4, 0.5) is 0 Å². The Morgan fingerprint density at radius 2 is 0.598 bits per heavy atom. The third-order valence-corrected chi connectivity index (χ3v) is 17.4. The molecule has 0 aliphatic heterocycles. The van der Waals surface area contributed by atoms with Crippen LogP contribution in [0, 0.1) is 0 Å². The van der Waals surface area contributed by atoms with Crippen molar-refractivity contribution in [3.63, 3.8) is 0 Å². The van der Waals surface area contributed by atoms with Gasteiger partial charge in [0, 0.05) is 32.9 Å². The van der Waals surface area contributed by atoms with Gasteiger partial charge in [-0.1, -0.05) is 257 Å². The molecule has 82 heavy (non-hydrogen) atoms. The van der Waals surface area contributed by atoms with Crippen molar-refractivity contribution in [1.82, 2.24) is 9.13 Å². The second kappa shape index (κ2) is 18.7. The van der Waals surface area contributed by atoms with E-state index in [2.05, 4.69) is 315 Å². The van der Waals surface area contributed by atoms with E-state index in [0.717, 1.165) is 5.69 Å². The minimum Gasteiger partial charge on any atom is -0.309 e. The highest BCUT2D eigenvalue weighted by molar-refractivity contribution is 6.23. The molecule has 0 amide bonds. The van der Waals surface area contributed by atoms with Gasteiger partial charge in [-0.3, -0.25) is 0 Å². The second-order valence-electron chi connectivity index (χ2n) is 23.1. The standard InChI is InChI=1S/C80H56N2/c1-80(2,3)69-50-55(47-48-73(69)82-70-39-18-15-27-58(70)59-28-16-19-40-71(59)82)78-66-35-13-9-31-62(66)76(63-32-10-14-36-67(63)78)53-45-43-51(44-46-53)57-38-22-42-74-79(57)68-37-17-20-41-72(68)81(74)56-26-21-25-54(49-56)77-64-33-11-7-29-60(64)75(52-23-5-4-6-24-52)61-30-8-12-34-65(61)77/h4-50H,1-3H3. The van der Waals surface area contributed by atoms with E-state index < -0.39 is 0 Å². The summed E-state index contributed by atoms with van der Waals surface area (Å²) in [5.41, 5.74) is 20.6. The number of hydrogen-bond donors (Lipinski definition) is 0. The summed E-state index contributed by atoms with van der Waals surface area (Å²) in [6.07, 6.45) is 0. The van der Waals surface area contributed by atoms with Crippen molar-refractivity contribution in [3.05, 3.63) is 291 Å². The Morgan fingerprint density at radius 3 is 1.10 bits per heavy atom. The number of hydrogen-bond acceptors (Lipinski definition) is 0. The summed E-state index contributed by atoms with van der Waals surface area (Å²) >= 11 is 0. The van der Waals surface area contributed by atoms with Crippen molar-refractivity contribution in [2.75, 3.05) is 0 Å². The molecule has 0 saturated carbocycles. The first-order chi connectivity index (χ1) is 40.4. The number of rotatable bonds is 7. The van der Waals surface area contributed by atoms with Crippen molar-refractivity contribution in [3.8, 4) is 67.0 Å². The molecule has 14 aromatic carbocycles. The molecule has 0 spiro atoms. The molecular formula is C80H56N2. The largest absolute Gasteiger partial charge is 0.309 e. The Hall–Kier alpha value is -10.3. The average Bonchev–Trinajstić information content (AvgIpc) is 4.22. The molecule has 2 aromatic heterocycles. The summed E-state index contributed by atoms with van der Waals surface area (Å²) in [6, 6.07) is 106. The third-order valence-electron chi connectivity index (χ3n) is 17.4. The highest BCUT2D eigenvalue weighted by atomic mass is 15.0. The molecule has 2 heteroatoms. The topological polar surface area (TPSA) is 9.86 Å². The first kappa shape index (κ1) is 47.7. The predicted octanol–water partition coefficient (Wildman–Crippen LogP) is 22.1. The molecule has 386 valence electrons. The fourth-order valence-electron chi connectivity index (χ4n) is 13.9. The Kier molecular flexibility index (Phi) is 10.9. The minimum absolute atomic E-state index is 0.141. The van der Waals surface area contributed by atoms with Crippen LogP contribution in [0.25, 0.3) is 154 Å². The van der Waals surface area contributed by atoms with Crippen LogP contribution in [0.2, 0.25) is 0 Å². The lowest BCUT2D eigenvalue weighted by Gasteiger charge is -2.26. The maximum absolute atomic E-state index is 2.48. The van der Waals surface area contributed by atoms with Crippen molar-refractivity contribution >= 4 is 86.7 Å². The van der Waals surface area contributed by atoms with Crippen molar-refractivity contribution in [1.29, 1.82) is 0 Å². The molecular weight excluding hydrogens is 989 g/mol. The van der Waals surface area contributed by atoms with Gasteiger partial charge in [-0.25, -0.2) is 0 Å². The van der Waals surface area contributed by atoms with Gasteiger partial charge in [-0.15, -0.1) is 0 Å². The number of aromatic nitrogens is 2. The minimum atomic E-state index is -0.141. The van der Waals surface area contributed by atoms with Gasteiger partial charge in [-0.05, 0) is 158 Å². The van der Waals surface area contributed by atoms with E-state index in [0.29, 0.717) is 0 Å². The van der Waals surface area contributed by atoms with Crippen LogP contribution in [-0.4, -0.2) is 9.13 Å². The number of nitrogens with zero attached hydrogens (tertiary/aromatic N) is 2. The Morgan fingerprint density at radius 1 is 0.244 bits per heavy atom. The fourth-order valence-corrected chi connectivity index (χ4v) is 13.9. The van der Waals surface area contributed by atoms with E-state index in [1.54, 1.807) is 0 Å². The number of benzene rings is 14. The van der Waals surface area contributed by atoms with Gasteiger partial charge in [0.15, 0.2) is 0 Å². The summed E-state index contributed by atoms with van der Waals surface area (Å²) in [5, 5.41) is 15.0. The highest BCUT2D eigenvalue weighted by Crippen LogP contribution is 2.48. The SMILES string of the molecule is CC(C)(C)c1cc(-c2c3ccccc3c(-c3ccc(-c4cccc5c4c4ccccc4n5-c4cccc(-c5c6ccccc6c(-c6ccccc6)c6ccccc56)c4)cc3)c3ccccc23)ccc1-n1c2ccccc2c2ccccc21. The molecule has 2 heterocycles. The molecule has 0 unspecified atom stereocenters. The van der Waals surface area contributed by atoms with Crippen molar-refractivity contribution in [2.45, 2.75) is 26.2 Å². The summed E-state index contributed by atoms with van der Waals surface area (Å²) < 4.78 is 4.95. The van der Waals surface area contributed by atoms with Crippen LogP contribution >= 0.6 is 0 Å². The normalized spacial score (nSPS) is 12.1. The van der Waals surface area contributed by atoms with E-state index >= 15 is 0 Å². The van der Waals surface area contributed by atoms with Crippen LogP contribution in [0.15, 0.2) is 285 Å². The Balaban J connectivity index is 0.822. The third kappa shape index (κ3) is 7.35. The molecule has 0 saturated heterocycles. The van der Waals surface area contributed by atoms with Gasteiger partial charge >= 0.3 is 0 Å². The molecule has 0 fully saturated rings. The highest BCUT2D eigenvalue weighted by Gasteiger charge is 2.26. The van der Waals surface area contributed by atoms with E-state index in [1.165, 1.54) is 154 Å². The van der Waals surface area contributed by atoms with Crippen LogP contribution in [0.1, 0.15) is 26.3 Å². The average molecular weight is 1050 g/mol. The summed E-state index contributed by atoms with van der Waals surface area (Å²) in [5.74, 6) is 0. The predicted molar refractivity (Wildman–Crippen MR) is 351 cm³/mol. The van der Waals surface area contributed by atoms with Gasteiger partial charge in [-0.2, -0.15) is 0 Å². The van der Waals surface area contributed by atoms with Crippen LogP contribution in [0.5, 0.6) is 0 Å². The molecule has 0 aliphatic rings. The molecule has 16 rings (SSSR count). The maximum atomic E-state index is 2.48. The molecule has 2 nitrogen and oxygen atoms in total. The van der Waals surface area contributed by atoms with Crippen molar-refractivity contribution in [2.24, 2.45) is 0 Å². The van der Waals surface area contributed by atoms with Gasteiger partial charge in [0.25, 0.3) is 0 Å². The van der Waals surface area contributed by atoms with Crippen LogP contribution in [0.3, 0.4) is 0 Å². The Bertz CT molecular complexity index is 5070. The molecule has 0 N–H and O–H groups in total. The van der Waals surface area contributed by atoms with Gasteiger partial charge in [0.1, 0.15) is 0 Å². The lowest BCUT2D eigenvalue weighted by molar-refractivity contribution is 0.588. The van der Waals surface area contributed by atoms with E-state index in [9.17, 15) is 0 Å². The smallest absolute Gasteiger partial charge is 0.0547 e. The summed E-state index contributed by atoms with van der Waals surface area (Å²) in [4.78, 5) is 0. The van der Waals surface area contributed by atoms with Gasteiger partial charge < -0.3 is 9.13 Å². The van der Waals surface area contributed by atoms with Gasteiger partial charge in [0.2, 0.25) is 0 Å². The maximum Gasteiger partial charge on any atom is 0.0547 e. The molecule has 0 radical (unpaired) electrons. The number of fused-ring (bicyclic) bond motifs is 10. The lowest BCUT2D eigenvalue weighted by atomic mass is 9.81. The van der Waals surface area contributed by atoms with E-state index in [4.69, 9.17) is 0 Å². The molecule has 0 aliphatic carbocycles. The zero-order valence-electron chi connectivity index (χ0n) is 46.0. The number of para-hydroxylation sites is 3. The summed E-state index contributed by atoms with van der Waals surface area (Å²) in [7, 11) is 0. The van der Waals surface area contributed by atoms with Crippen LogP contribution < -0.4 is 0 Å². The second-order valence-corrected chi connectivity index (χ2v) is 23.1. The molecule has 0 atom stereocenters. The fraction of sp³-hybridized carbons (Fsp3) is 0.0500. The molecule has 0 bridgehead atoms. The zero-order valence-corrected chi connectivity index (χ0v) is 46.0. The monoisotopic (exact) mass is 1040 g/mol.